The van der Waals surface area contributed by atoms with Crippen LogP contribution in [0.25, 0.3) is 16.7 Å². The van der Waals surface area contributed by atoms with Crippen LogP contribution in [0.4, 0.5) is 5.69 Å². The Hall–Kier alpha value is -4.65. The lowest BCUT2D eigenvalue weighted by atomic mass is 9.85. The van der Waals surface area contributed by atoms with Crippen molar-refractivity contribution >= 4 is 17.2 Å². The summed E-state index contributed by atoms with van der Waals surface area (Å²) in [5.41, 5.74) is 8.55. The molecule has 0 radical (unpaired) electrons. The van der Waals surface area contributed by atoms with Crippen molar-refractivity contribution in [3.05, 3.63) is 101 Å². The van der Waals surface area contributed by atoms with Gasteiger partial charge in [0, 0.05) is 40.8 Å². The molecule has 1 N–H and O–H groups in total. The highest BCUT2D eigenvalue weighted by Gasteiger charge is 2.27. The zero-order chi connectivity index (χ0) is 28.4. The van der Waals surface area contributed by atoms with E-state index in [0.717, 1.165) is 44.8 Å². The Kier molecular flexibility index (Phi) is 7.30. The second-order valence-electron chi connectivity index (χ2n) is 10.6. The molecule has 0 saturated carbocycles. The molecule has 0 bridgehead atoms. The highest BCUT2D eigenvalue weighted by Crippen LogP contribution is 2.43. The summed E-state index contributed by atoms with van der Waals surface area (Å²) in [4.78, 5) is 20.3. The molecule has 1 aliphatic rings. The summed E-state index contributed by atoms with van der Waals surface area (Å²) in [6, 6.07) is 15.8. The second-order valence-corrected chi connectivity index (χ2v) is 10.6. The Balaban J connectivity index is 1.56. The van der Waals surface area contributed by atoms with Gasteiger partial charge < -0.3 is 19.5 Å². The van der Waals surface area contributed by atoms with Crippen LogP contribution in [-0.2, 0) is 6.61 Å². The van der Waals surface area contributed by atoms with E-state index in [1.807, 2.05) is 6.07 Å². The number of aryl methyl sites for hydroxylation is 2. The van der Waals surface area contributed by atoms with Gasteiger partial charge in [-0.25, -0.2) is 14.8 Å². The molecule has 204 valence electrons. The largest absolute Gasteiger partial charge is 0.496 e. The summed E-state index contributed by atoms with van der Waals surface area (Å²) in [6.07, 6.45) is 6.44. The molecule has 0 fully saturated rings. The standard InChI is InChI=1S/C33H33N3O4/c1-20-7-8-21(2)29(13-20)39-18-27-25(11-12-28-31(27)22(3)15-33(4,5)36-28)26-10-9-24(14-30(26)38-6)40-32(37)23-16-34-19-35-17-23/h7-17,19,36H,18H2,1-6H3. The third kappa shape index (κ3) is 5.54. The van der Waals surface area contributed by atoms with Crippen molar-refractivity contribution in [3.63, 3.8) is 0 Å². The van der Waals surface area contributed by atoms with E-state index in [-0.39, 0.29) is 11.1 Å². The average Bonchev–Trinajstić information content (AvgIpc) is 2.93. The molecule has 0 aliphatic carbocycles. The van der Waals surface area contributed by atoms with Crippen LogP contribution in [0.1, 0.15) is 53.4 Å². The Bertz CT molecular complexity index is 1610. The first-order chi connectivity index (χ1) is 19.1. The molecule has 1 aromatic heterocycles. The molecular weight excluding hydrogens is 502 g/mol. The third-order valence-corrected chi connectivity index (χ3v) is 6.93. The van der Waals surface area contributed by atoms with Gasteiger partial charge in [0.15, 0.2) is 0 Å². The van der Waals surface area contributed by atoms with E-state index in [9.17, 15) is 4.79 Å². The first kappa shape index (κ1) is 26.9. The number of allylic oxidation sites excluding steroid dienone is 1. The van der Waals surface area contributed by atoms with Crippen LogP contribution in [0.5, 0.6) is 17.2 Å². The summed E-state index contributed by atoms with van der Waals surface area (Å²) in [7, 11) is 1.61. The number of fused-ring (bicyclic) bond motifs is 1. The maximum absolute atomic E-state index is 12.6. The zero-order valence-electron chi connectivity index (χ0n) is 23.7. The number of hydrogen-bond donors (Lipinski definition) is 1. The van der Waals surface area contributed by atoms with Gasteiger partial charge in [0.05, 0.1) is 18.2 Å². The van der Waals surface area contributed by atoms with Gasteiger partial charge in [-0.15, -0.1) is 0 Å². The van der Waals surface area contributed by atoms with Crippen LogP contribution in [0.15, 0.2) is 73.3 Å². The van der Waals surface area contributed by atoms with Crippen LogP contribution >= 0.6 is 0 Å². The Morgan fingerprint density at radius 3 is 2.42 bits per heavy atom. The monoisotopic (exact) mass is 535 g/mol. The molecule has 2 heterocycles. The first-order valence-corrected chi connectivity index (χ1v) is 13.1. The van der Waals surface area contributed by atoms with Gasteiger partial charge in [-0.3, -0.25) is 0 Å². The number of carbonyl (C=O) groups excluding carboxylic acids is 1. The van der Waals surface area contributed by atoms with Crippen molar-refractivity contribution in [2.24, 2.45) is 0 Å². The quantitative estimate of drug-likeness (QED) is 0.198. The van der Waals surface area contributed by atoms with E-state index in [4.69, 9.17) is 14.2 Å². The highest BCUT2D eigenvalue weighted by molar-refractivity contribution is 5.91. The number of aromatic nitrogens is 2. The molecule has 0 amide bonds. The molecule has 4 aromatic rings. The predicted octanol–water partition coefficient (Wildman–Crippen LogP) is 7.17. The van der Waals surface area contributed by atoms with Crippen molar-refractivity contribution in [2.75, 3.05) is 12.4 Å². The fourth-order valence-electron chi connectivity index (χ4n) is 5.14. The van der Waals surface area contributed by atoms with Crippen LogP contribution in [0.3, 0.4) is 0 Å². The third-order valence-electron chi connectivity index (χ3n) is 6.93. The average molecular weight is 536 g/mol. The summed E-state index contributed by atoms with van der Waals surface area (Å²) in [5, 5.41) is 3.65. The minimum atomic E-state index is -0.541. The van der Waals surface area contributed by atoms with Crippen molar-refractivity contribution in [1.29, 1.82) is 0 Å². The van der Waals surface area contributed by atoms with Crippen molar-refractivity contribution in [3.8, 4) is 28.4 Å². The Morgan fingerprint density at radius 2 is 1.68 bits per heavy atom. The van der Waals surface area contributed by atoms with E-state index in [0.29, 0.717) is 18.1 Å². The number of anilines is 1. The van der Waals surface area contributed by atoms with Crippen LogP contribution in [-0.4, -0.2) is 28.6 Å². The Labute approximate surface area is 234 Å². The molecular formula is C33H33N3O4. The number of methoxy groups -OCH3 is 1. The van der Waals surface area contributed by atoms with Gasteiger partial charge in [-0.1, -0.05) is 24.3 Å². The highest BCUT2D eigenvalue weighted by atomic mass is 16.5. The van der Waals surface area contributed by atoms with Crippen LogP contribution < -0.4 is 19.5 Å². The molecule has 0 unspecified atom stereocenters. The molecule has 0 saturated heterocycles. The number of esters is 1. The topological polar surface area (TPSA) is 82.6 Å². The predicted molar refractivity (Wildman–Crippen MR) is 157 cm³/mol. The van der Waals surface area contributed by atoms with E-state index >= 15 is 0 Å². The lowest BCUT2D eigenvalue weighted by molar-refractivity contribution is 0.0733. The molecule has 5 rings (SSSR count). The molecule has 0 atom stereocenters. The lowest BCUT2D eigenvalue weighted by Gasteiger charge is -2.33. The van der Waals surface area contributed by atoms with Gasteiger partial charge in [-0.05, 0) is 81.1 Å². The van der Waals surface area contributed by atoms with Gasteiger partial charge in [-0.2, -0.15) is 0 Å². The molecule has 1 aliphatic heterocycles. The molecule has 40 heavy (non-hydrogen) atoms. The van der Waals surface area contributed by atoms with Gasteiger partial charge >= 0.3 is 5.97 Å². The van der Waals surface area contributed by atoms with Gasteiger partial charge in [0.1, 0.15) is 30.2 Å². The van der Waals surface area contributed by atoms with E-state index in [1.165, 1.54) is 24.3 Å². The number of benzene rings is 3. The SMILES string of the molecule is COc1cc(OC(=O)c2cncnc2)ccc1-c1ccc2c(c1COc1cc(C)ccc1C)C(C)=CC(C)(C)N2. The van der Waals surface area contributed by atoms with Crippen LogP contribution in [0, 0.1) is 13.8 Å². The number of carbonyl (C=O) groups is 1. The number of ether oxygens (including phenoxy) is 3. The molecule has 7 nitrogen and oxygen atoms in total. The molecule has 0 spiro atoms. The maximum Gasteiger partial charge on any atom is 0.346 e. The summed E-state index contributed by atoms with van der Waals surface area (Å²) >= 11 is 0. The minimum absolute atomic E-state index is 0.170. The normalized spacial score (nSPS) is 13.5. The molecule has 3 aromatic carbocycles. The fraction of sp³-hybridized carbons (Fsp3) is 0.242. The summed E-state index contributed by atoms with van der Waals surface area (Å²) in [6.45, 7) is 10.9. The first-order valence-electron chi connectivity index (χ1n) is 13.1. The van der Waals surface area contributed by atoms with Gasteiger partial charge in [0.2, 0.25) is 0 Å². The fourth-order valence-corrected chi connectivity index (χ4v) is 5.14. The summed E-state index contributed by atoms with van der Waals surface area (Å²) in [5.74, 6) is 1.25. The maximum atomic E-state index is 12.6. The number of rotatable bonds is 7. The van der Waals surface area contributed by atoms with Crippen molar-refractivity contribution in [2.45, 2.75) is 46.8 Å². The molecule has 7 heteroatoms. The van der Waals surface area contributed by atoms with Crippen LogP contribution in [0.2, 0.25) is 0 Å². The lowest BCUT2D eigenvalue weighted by Crippen LogP contribution is -2.32. The second kappa shape index (κ2) is 10.8. The van der Waals surface area contributed by atoms with Crippen molar-refractivity contribution in [1.82, 2.24) is 9.97 Å². The van der Waals surface area contributed by atoms with E-state index in [1.54, 1.807) is 19.2 Å². The van der Waals surface area contributed by atoms with Gasteiger partial charge in [0.25, 0.3) is 0 Å². The smallest absolute Gasteiger partial charge is 0.346 e. The zero-order valence-corrected chi connectivity index (χ0v) is 23.7. The van der Waals surface area contributed by atoms with E-state index < -0.39 is 5.97 Å². The number of nitrogens with one attached hydrogen (secondary N) is 1. The number of hydrogen-bond acceptors (Lipinski definition) is 7. The Morgan fingerprint density at radius 1 is 0.925 bits per heavy atom. The van der Waals surface area contributed by atoms with Crippen molar-refractivity contribution < 1.29 is 19.0 Å². The van der Waals surface area contributed by atoms with E-state index in [2.05, 4.69) is 86.3 Å². The minimum Gasteiger partial charge on any atom is -0.496 e. The number of nitrogens with zero attached hydrogens (tertiary/aromatic N) is 2. The summed E-state index contributed by atoms with van der Waals surface area (Å²) < 4.78 is 17.8.